The molecule has 0 aromatic carbocycles. The van der Waals surface area contributed by atoms with Gasteiger partial charge in [0.15, 0.2) is 0 Å². The summed E-state index contributed by atoms with van der Waals surface area (Å²) < 4.78 is 8.55. The fourth-order valence-corrected chi connectivity index (χ4v) is 2.85. The van der Waals surface area contributed by atoms with Crippen LogP contribution in [0.15, 0.2) is 4.60 Å². The quantitative estimate of drug-likeness (QED) is 0.774. The van der Waals surface area contributed by atoms with Crippen LogP contribution in [0.25, 0.3) is 0 Å². The minimum Gasteiger partial charge on any atom is -0.381 e. The Hall–Kier alpha value is -0.350. The smallest absolute Gasteiger partial charge is 0.127 e. The molecule has 1 fully saturated rings. The Balaban J connectivity index is 2.29. The average Bonchev–Trinajstić information content (AvgIpc) is 2.43. The molecule has 1 aromatic heterocycles. The largest absolute Gasteiger partial charge is 0.381 e. The molecule has 1 aromatic rings. The van der Waals surface area contributed by atoms with Crippen molar-refractivity contribution in [2.45, 2.75) is 25.7 Å². The van der Waals surface area contributed by atoms with Gasteiger partial charge in [-0.05, 0) is 35.7 Å². The summed E-state index contributed by atoms with van der Waals surface area (Å²) in [6.07, 6.45) is 2.22. The fourth-order valence-electron chi connectivity index (χ4n) is 2.00. The molecule has 1 aliphatic rings. The van der Waals surface area contributed by atoms with Crippen LogP contribution in [0.3, 0.4) is 0 Å². The number of imidazole rings is 1. The maximum absolute atomic E-state index is 5.36. The molecule has 1 aliphatic heterocycles. The van der Waals surface area contributed by atoms with E-state index in [4.69, 9.17) is 4.74 Å². The third-order valence-corrected chi connectivity index (χ3v) is 3.51. The van der Waals surface area contributed by atoms with Crippen LogP contribution in [0.5, 0.6) is 0 Å². The van der Waals surface area contributed by atoms with Crippen LogP contribution in [-0.4, -0.2) is 22.8 Å². The second kappa shape index (κ2) is 4.03. The number of nitrogens with zero attached hydrogens (tertiary/aromatic N) is 2. The van der Waals surface area contributed by atoms with Gasteiger partial charge < -0.3 is 9.30 Å². The zero-order chi connectivity index (χ0) is 10.1. The first-order valence-corrected chi connectivity index (χ1v) is 5.76. The van der Waals surface area contributed by atoms with E-state index in [1.54, 1.807) is 0 Å². The lowest BCUT2D eigenvalue weighted by molar-refractivity contribution is 0.0837. The topological polar surface area (TPSA) is 27.1 Å². The van der Waals surface area contributed by atoms with Crippen molar-refractivity contribution in [3.63, 3.8) is 0 Å². The summed E-state index contributed by atoms with van der Waals surface area (Å²) in [5.41, 5.74) is 1.32. The molecule has 0 bridgehead atoms. The number of hydrogen-bond donors (Lipinski definition) is 0. The van der Waals surface area contributed by atoms with Gasteiger partial charge in [-0.25, -0.2) is 4.98 Å². The average molecular weight is 259 g/mol. The summed E-state index contributed by atoms with van der Waals surface area (Å²) in [6.45, 7) is 3.79. The van der Waals surface area contributed by atoms with Crippen molar-refractivity contribution in [3.8, 4) is 0 Å². The van der Waals surface area contributed by atoms with E-state index in [2.05, 4.69) is 32.5 Å². The van der Waals surface area contributed by atoms with Crippen LogP contribution in [0.4, 0.5) is 0 Å². The molecule has 0 unspecified atom stereocenters. The predicted molar refractivity (Wildman–Crippen MR) is 58.4 cm³/mol. The van der Waals surface area contributed by atoms with Gasteiger partial charge in [0.1, 0.15) is 10.4 Å². The standard InChI is InChI=1S/C10H15BrN2O/c1-7-12-10(11)9(13(7)2)8-3-5-14-6-4-8/h8H,3-6H2,1-2H3. The van der Waals surface area contributed by atoms with Gasteiger partial charge in [-0.1, -0.05) is 0 Å². The summed E-state index contributed by atoms with van der Waals surface area (Å²) in [7, 11) is 2.08. The van der Waals surface area contributed by atoms with Gasteiger partial charge in [-0.2, -0.15) is 0 Å². The molecule has 1 saturated heterocycles. The van der Waals surface area contributed by atoms with Crippen molar-refractivity contribution in [2.75, 3.05) is 13.2 Å². The van der Waals surface area contributed by atoms with Gasteiger partial charge >= 0.3 is 0 Å². The predicted octanol–water partition coefficient (Wildman–Crippen LogP) is 2.39. The number of hydrogen-bond acceptors (Lipinski definition) is 2. The Kier molecular flexibility index (Phi) is 2.93. The van der Waals surface area contributed by atoms with Crippen LogP contribution in [0, 0.1) is 6.92 Å². The highest BCUT2D eigenvalue weighted by molar-refractivity contribution is 9.10. The van der Waals surface area contributed by atoms with Crippen molar-refractivity contribution in [3.05, 3.63) is 16.1 Å². The van der Waals surface area contributed by atoms with Gasteiger partial charge in [0, 0.05) is 26.2 Å². The van der Waals surface area contributed by atoms with Gasteiger partial charge in [0.2, 0.25) is 0 Å². The van der Waals surface area contributed by atoms with Gasteiger partial charge in [-0.15, -0.1) is 0 Å². The van der Waals surface area contributed by atoms with Crippen molar-refractivity contribution < 1.29 is 4.74 Å². The molecule has 4 heteroatoms. The Morgan fingerprint density at radius 2 is 2.07 bits per heavy atom. The first-order chi connectivity index (χ1) is 6.70. The maximum Gasteiger partial charge on any atom is 0.127 e. The van der Waals surface area contributed by atoms with E-state index < -0.39 is 0 Å². The third-order valence-electron chi connectivity index (χ3n) is 2.93. The Morgan fingerprint density at radius 1 is 1.43 bits per heavy atom. The number of halogens is 1. The van der Waals surface area contributed by atoms with E-state index >= 15 is 0 Å². The van der Waals surface area contributed by atoms with Gasteiger partial charge in [0.05, 0.1) is 5.69 Å². The molecule has 14 heavy (non-hydrogen) atoms. The van der Waals surface area contributed by atoms with Crippen LogP contribution >= 0.6 is 15.9 Å². The molecule has 0 N–H and O–H groups in total. The molecule has 0 amide bonds. The summed E-state index contributed by atoms with van der Waals surface area (Å²) in [4.78, 5) is 4.42. The minimum atomic E-state index is 0.601. The molecular weight excluding hydrogens is 244 g/mol. The van der Waals surface area contributed by atoms with E-state index in [-0.39, 0.29) is 0 Å². The van der Waals surface area contributed by atoms with Crippen molar-refractivity contribution in [2.24, 2.45) is 7.05 Å². The van der Waals surface area contributed by atoms with E-state index in [1.807, 2.05) is 6.92 Å². The second-order valence-corrected chi connectivity index (χ2v) is 4.53. The number of rotatable bonds is 1. The first kappa shape index (κ1) is 10.2. The fraction of sp³-hybridized carbons (Fsp3) is 0.700. The Morgan fingerprint density at radius 3 is 2.57 bits per heavy atom. The lowest BCUT2D eigenvalue weighted by Gasteiger charge is -2.22. The zero-order valence-corrected chi connectivity index (χ0v) is 10.2. The monoisotopic (exact) mass is 258 g/mol. The lowest BCUT2D eigenvalue weighted by Crippen LogP contribution is -2.16. The Bertz CT molecular complexity index is 329. The summed E-state index contributed by atoms with van der Waals surface area (Å²) >= 11 is 3.53. The van der Waals surface area contributed by atoms with Crippen LogP contribution in [-0.2, 0) is 11.8 Å². The van der Waals surface area contributed by atoms with Crippen LogP contribution in [0.2, 0.25) is 0 Å². The molecule has 3 nitrogen and oxygen atoms in total. The van der Waals surface area contributed by atoms with Crippen molar-refractivity contribution >= 4 is 15.9 Å². The molecule has 0 atom stereocenters. The van der Waals surface area contributed by atoms with E-state index in [9.17, 15) is 0 Å². The van der Waals surface area contributed by atoms with Crippen molar-refractivity contribution in [1.82, 2.24) is 9.55 Å². The summed E-state index contributed by atoms with van der Waals surface area (Å²) in [5.74, 6) is 1.67. The second-order valence-electron chi connectivity index (χ2n) is 3.78. The third kappa shape index (κ3) is 1.73. The van der Waals surface area contributed by atoms with Crippen LogP contribution < -0.4 is 0 Å². The highest BCUT2D eigenvalue weighted by atomic mass is 79.9. The van der Waals surface area contributed by atoms with E-state index in [1.165, 1.54) is 5.69 Å². The normalized spacial score (nSPS) is 18.8. The lowest BCUT2D eigenvalue weighted by atomic mass is 9.97. The summed E-state index contributed by atoms with van der Waals surface area (Å²) in [5, 5.41) is 0. The highest BCUT2D eigenvalue weighted by Crippen LogP contribution is 2.32. The molecule has 0 aliphatic carbocycles. The SMILES string of the molecule is Cc1nc(Br)c(C2CCOCC2)n1C. The first-order valence-electron chi connectivity index (χ1n) is 4.96. The molecule has 0 spiro atoms. The van der Waals surface area contributed by atoms with Crippen LogP contribution in [0.1, 0.15) is 30.3 Å². The van der Waals surface area contributed by atoms with Gasteiger partial charge in [-0.3, -0.25) is 0 Å². The molecule has 0 saturated carbocycles. The zero-order valence-electron chi connectivity index (χ0n) is 8.59. The molecule has 2 rings (SSSR count). The number of aryl methyl sites for hydroxylation is 1. The van der Waals surface area contributed by atoms with Gasteiger partial charge in [0.25, 0.3) is 0 Å². The molecule has 78 valence electrons. The number of ether oxygens (including phenoxy) is 1. The highest BCUT2D eigenvalue weighted by Gasteiger charge is 2.22. The Labute approximate surface area is 92.6 Å². The molecule has 2 heterocycles. The van der Waals surface area contributed by atoms with E-state index in [0.717, 1.165) is 36.5 Å². The summed E-state index contributed by atoms with van der Waals surface area (Å²) in [6, 6.07) is 0. The van der Waals surface area contributed by atoms with Crippen molar-refractivity contribution in [1.29, 1.82) is 0 Å². The minimum absolute atomic E-state index is 0.601. The molecular formula is C10H15BrN2O. The van der Waals surface area contributed by atoms with E-state index in [0.29, 0.717) is 5.92 Å². The maximum atomic E-state index is 5.36. The number of aromatic nitrogens is 2. The molecule has 0 radical (unpaired) electrons.